The van der Waals surface area contributed by atoms with Gasteiger partial charge in [-0.15, -0.1) is 12.4 Å². The standard InChI is InChI=1S/C14H24N2O2.ClH/c1-3-5-6-11(4-2)9-16-14(17)12-7-13(8-15)18-10-12;/h7,10-11H,3-6,8-9,15H2,1-2H3,(H,16,17);1H. The third-order valence-corrected chi connectivity index (χ3v) is 3.21. The molecule has 0 fully saturated rings. The number of carbonyl (C=O) groups excluding carboxylic acids is 1. The Bertz CT molecular complexity index is 366. The van der Waals surface area contributed by atoms with Crippen molar-refractivity contribution in [3.63, 3.8) is 0 Å². The first-order chi connectivity index (χ1) is 8.71. The molecule has 0 aliphatic rings. The molecule has 0 radical (unpaired) electrons. The van der Waals surface area contributed by atoms with Crippen LogP contribution in [0.2, 0.25) is 0 Å². The normalized spacial score (nSPS) is 11.7. The van der Waals surface area contributed by atoms with Crippen LogP contribution in [0.3, 0.4) is 0 Å². The highest BCUT2D eigenvalue weighted by molar-refractivity contribution is 5.93. The fourth-order valence-electron chi connectivity index (χ4n) is 1.89. The monoisotopic (exact) mass is 288 g/mol. The van der Waals surface area contributed by atoms with Gasteiger partial charge in [-0.3, -0.25) is 4.79 Å². The van der Waals surface area contributed by atoms with E-state index in [-0.39, 0.29) is 18.3 Å². The average Bonchev–Trinajstić information content (AvgIpc) is 2.87. The lowest BCUT2D eigenvalue weighted by Gasteiger charge is -2.14. The minimum atomic E-state index is -0.0756. The molecule has 0 saturated carbocycles. The summed E-state index contributed by atoms with van der Waals surface area (Å²) in [6.07, 6.45) is 6.15. The zero-order valence-corrected chi connectivity index (χ0v) is 12.6. The zero-order chi connectivity index (χ0) is 13.4. The number of hydrogen-bond acceptors (Lipinski definition) is 3. The first-order valence-electron chi connectivity index (χ1n) is 6.76. The Morgan fingerprint density at radius 2 is 2.21 bits per heavy atom. The maximum Gasteiger partial charge on any atom is 0.254 e. The Hall–Kier alpha value is -1.00. The molecule has 1 aromatic heterocycles. The van der Waals surface area contributed by atoms with Crippen molar-refractivity contribution in [1.82, 2.24) is 5.32 Å². The predicted octanol–water partition coefficient (Wildman–Crippen LogP) is 3.11. The van der Waals surface area contributed by atoms with Gasteiger partial charge in [-0.25, -0.2) is 0 Å². The summed E-state index contributed by atoms with van der Waals surface area (Å²) in [6, 6.07) is 1.70. The quantitative estimate of drug-likeness (QED) is 0.772. The number of nitrogens with two attached hydrogens (primary N) is 1. The van der Waals surface area contributed by atoms with E-state index in [0.29, 0.717) is 23.8 Å². The van der Waals surface area contributed by atoms with Crippen LogP contribution in [0.5, 0.6) is 0 Å². The Morgan fingerprint density at radius 1 is 1.47 bits per heavy atom. The first-order valence-corrected chi connectivity index (χ1v) is 6.76. The summed E-state index contributed by atoms with van der Waals surface area (Å²) in [7, 11) is 0. The van der Waals surface area contributed by atoms with E-state index in [1.54, 1.807) is 6.07 Å². The van der Waals surface area contributed by atoms with Crippen molar-refractivity contribution in [1.29, 1.82) is 0 Å². The van der Waals surface area contributed by atoms with Crippen molar-refractivity contribution in [3.8, 4) is 0 Å². The number of amides is 1. The maximum atomic E-state index is 11.9. The number of halogens is 1. The molecule has 4 nitrogen and oxygen atoms in total. The minimum Gasteiger partial charge on any atom is -0.467 e. The van der Waals surface area contributed by atoms with Crippen molar-refractivity contribution in [2.24, 2.45) is 11.7 Å². The second-order valence-corrected chi connectivity index (χ2v) is 4.63. The minimum absolute atomic E-state index is 0. The van der Waals surface area contributed by atoms with Gasteiger partial charge in [-0.2, -0.15) is 0 Å². The molecule has 0 aromatic carbocycles. The van der Waals surface area contributed by atoms with Gasteiger partial charge in [0, 0.05) is 6.54 Å². The van der Waals surface area contributed by atoms with E-state index < -0.39 is 0 Å². The lowest BCUT2D eigenvalue weighted by atomic mass is 9.99. The van der Waals surface area contributed by atoms with Crippen molar-refractivity contribution in [3.05, 3.63) is 23.7 Å². The predicted molar refractivity (Wildman–Crippen MR) is 79.5 cm³/mol. The molecule has 1 amide bonds. The van der Waals surface area contributed by atoms with Crippen molar-refractivity contribution in [2.45, 2.75) is 46.1 Å². The average molecular weight is 289 g/mol. The molecular formula is C14H25ClN2O2. The third kappa shape index (κ3) is 6.12. The highest BCUT2D eigenvalue weighted by Gasteiger charge is 2.12. The van der Waals surface area contributed by atoms with E-state index in [0.717, 1.165) is 13.0 Å². The molecule has 1 atom stereocenters. The Kier molecular flexibility index (Phi) is 9.35. The molecule has 0 bridgehead atoms. The van der Waals surface area contributed by atoms with Crippen LogP contribution in [0.4, 0.5) is 0 Å². The summed E-state index contributed by atoms with van der Waals surface area (Å²) in [5, 5.41) is 2.96. The SMILES string of the molecule is CCCCC(CC)CNC(=O)c1coc(CN)c1.Cl. The van der Waals surface area contributed by atoms with Crippen molar-refractivity contribution < 1.29 is 9.21 Å². The van der Waals surface area contributed by atoms with Gasteiger partial charge >= 0.3 is 0 Å². The molecule has 1 aromatic rings. The summed E-state index contributed by atoms with van der Waals surface area (Å²) in [4.78, 5) is 11.9. The van der Waals surface area contributed by atoms with Gasteiger partial charge in [-0.1, -0.05) is 33.1 Å². The van der Waals surface area contributed by atoms with Crippen LogP contribution in [0.15, 0.2) is 16.7 Å². The number of unbranched alkanes of at least 4 members (excludes halogenated alkanes) is 1. The van der Waals surface area contributed by atoms with Crippen LogP contribution in [-0.2, 0) is 6.54 Å². The lowest BCUT2D eigenvalue weighted by molar-refractivity contribution is 0.0945. The number of rotatable bonds is 8. The summed E-state index contributed by atoms with van der Waals surface area (Å²) in [5.74, 6) is 1.13. The van der Waals surface area contributed by atoms with E-state index in [1.165, 1.54) is 25.5 Å². The molecule has 0 aliphatic carbocycles. The molecule has 5 heteroatoms. The van der Waals surface area contributed by atoms with Crippen LogP contribution in [0, 0.1) is 5.92 Å². The molecular weight excluding hydrogens is 264 g/mol. The number of hydrogen-bond donors (Lipinski definition) is 2. The summed E-state index contributed by atoms with van der Waals surface area (Å²) >= 11 is 0. The van der Waals surface area contributed by atoms with E-state index in [2.05, 4.69) is 19.2 Å². The van der Waals surface area contributed by atoms with Crippen LogP contribution >= 0.6 is 12.4 Å². The van der Waals surface area contributed by atoms with E-state index in [9.17, 15) is 4.79 Å². The lowest BCUT2D eigenvalue weighted by Crippen LogP contribution is -2.28. The van der Waals surface area contributed by atoms with Gasteiger partial charge in [-0.05, 0) is 18.4 Å². The highest BCUT2D eigenvalue weighted by atomic mass is 35.5. The Balaban J connectivity index is 0.00000324. The fourth-order valence-corrected chi connectivity index (χ4v) is 1.89. The van der Waals surface area contributed by atoms with Gasteiger partial charge < -0.3 is 15.5 Å². The molecule has 19 heavy (non-hydrogen) atoms. The summed E-state index contributed by atoms with van der Waals surface area (Å²) in [5.41, 5.74) is 5.99. The Morgan fingerprint density at radius 3 is 2.74 bits per heavy atom. The van der Waals surface area contributed by atoms with E-state index >= 15 is 0 Å². The van der Waals surface area contributed by atoms with Crippen molar-refractivity contribution >= 4 is 18.3 Å². The smallest absolute Gasteiger partial charge is 0.254 e. The van der Waals surface area contributed by atoms with Gasteiger partial charge in [0.25, 0.3) is 5.91 Å². The van der Waals surface area contributed by atoms with Gasteiger partial charge in [0.05, 0.1) is 12.1 Å². The second kappa shape index (κ2) is 9.87. The third-order valence-electron chi connectivity index (χ3n) is 3.21. The fraction of sp³-hybridized carbons (Fsp3) is 0.643. The second-order valence-electron chi connectivity index (χ2n) is 4.63. The molecule has 0 aliphatic heterocycles. The molecule has 110 valence electrons. The molecule has 1 heterocycles. The van der Waals surface area contributed by atoms with Crippen LogP contribution in [-0.4, -0.2) is 12.5 Å². The molecule has 1 unspecified atom stereocenters. The molecule has 1 rings (SSSR count). The van der Waals surface area contributed by atoms with E-state index in [1.807, 2.05) is 0 Å². The Labute approximate surface area is 121 Å². The van der Waals surface area contributed by atoms with Gasteiger partial charge in [0.1, 0.15) is 12.0 Å². The number of nitrogens with one attached hydrogen (secondary N) is 1. The van der Waals surface area contributed by atoms with Crippen LogP contribution < -0.4 is 11.1 Å². The first kappa shape index (κ1) is 18.0. The van der Waals surface area contributed by atoms with Gasteiger partial charge in [0.2, 0.25) is 0 Å². The summed E-state index contributed by atoms with van der Waals surface area (Å²) < 4.78 is 5.15. The van der Waals surface area contributed by atoms with E-state index in [4.69, 9.17) is 10.2 Å². The maximum absolute atomic E-state index is 11.9. The van der Waals surface area contributed by atoms with Gasteiger partial charge in [0.15, 0.2) is 0 Å². The molecule has 3 N–H and O–H groups in total. The summed E-state index contributed by atoms with van der Waals surface area (Å²) in [6.45, 7) is 5.40. The molecule has 0 saturated heterocycles. The number of furan rings is 1. The van der Waals surface area contributed by atoms with Crippen molar-refractivity contribution in [2.75, 3.05) is 6.54 Å². The van der Waals surface area contributed by atoms with Crippen LogP contribution in [0.25, 0.3) is 0 Å². The van der Waals surface area contributed by atoms with Crippen LogP contribution in [0.1, 0.15) is 55.6 Å². The molecule has 0 spiro atoms. The zero-order valence-electron chi connectivity index (χ0n) is 11.8. The topological polar surface area (TPSA) is 68.3 Å². The largest absolute Gasteiger partial charge is 0.467 e. The number of carbonyl (C=O) groups is 1. The highest BCUT2D eigenvalue weighted by Crippen LogP contribution is 2.12.